The number of hydrogen-bond donors (Lipinski definition) is 1. The van der Waals surface area contributed by atoms with Gasteiger partial charge in [-0.15, -0.1) is 0 Å². The number of thiocarbonyl (C=S) groups is 1. The molecule has 0 radical (unpaired) electrons. The third-order valence-electron chi connectivity index (χ3n) is 2.84. The zero-order valence-corrected chi connectivity index (χ0v) is 14.1. The van der Waals surface area contributed by atoms with Crippen LogP contribution in [0.15, 0.2) is 22.7 Å². The molecule has 2 N–H and O–H groups in total. The molecule has 0 aliphatic heterocycles. The Bertz CT molecular complexity index is 672. The normalized spacial score (nSPS) is 10.6. The first-order valence-electron chi connectivity index (χ1n) is 5.80. The molecule has 0 fully saturated rings. The average Bonchev–Trinajstić information content (AvgIpc) is 2.61. The molecule has 0 aliphatic carbocycles. The molecule has 20 heavy (non-hydrogen) atoms. The monoisotopic (exact) mass is 373 g/mol. The van der Waals surface area contributed by atoms with E-state index >= 15 is 0 Å². The standard InChI is InChI=1S/C13H13BrClN3OS/c1-7-12(14)11(18(2)17-7)6-19-8-3-4-9(13(16)20)10(15)5-8/h3-5H,6H2,1-2H3,(H2,16,20). The number of nitrogens with zero attached hydrogens (tertiary/aromatic N) is 2. The number of benzene rings is 1. The Morgan fingerprint density at radius 2 is 2.25 bits per heavy atom. The highest BCUT2D eigenvalue weighted by Crippen LogP contribution is 2.25. The van der Waals surface area contributed by atoms with Crippen molar-refractivity contribution in [3.8, 4) is 5.75 Å². The Hall–Kier alpha value is -1.11. The van der Waals surface area contributed by atoms with Crippen molar-refractivity contribution in [2.75, 3.05) is 0 Å². The number of halogens is 2. The van der Waals surface area contributed by atoms with Crippen molar-refractivity contribution in [3.63, 3.8) is 0 Å². The van der Waals surface area contributed by atoms with Crippen LogP contribution in [0, 0.1) is 6.92 Å². The molecule has 0 unspecified atom stereocenters. The number of aryl methyl sites for hydroxylation is 2. The van der Waals surface area contributed by atoms with Crippen molar-refractivity contribution in [2.24, 2.45) is 12.8 Å². The molecule has 0 atom stereocenters. The van der Waals surface area contributed by atoms with Crippen LogP contribution >= 0.6 is 39.7 Å². The molecule has 0 spiro atoms. The largest absolute Gasteiger partial charge is 0.487 e. The molecular formula is C13H13BrClN3OS. The smallest absolute Gasteiger partial charge is 0.131 e. The van der Waals surface area contributed by atoms with Gasteiger partial charge in [-0.2, -0.15) is 5.10 Å². The van der Waals surface area contributed by atoms with E-state index in [1.165, 1.54) is 0 Å². The number of ether oxygens (including phenoxy) is 1. The minimum Gasteiger partial charge on any atom is -0.487 e. The second-order valence-electron chi connectivity index (χ2n) is 4.26. The first-order chi connectivity index (χ1) is 9.40. The predicted molar refractivity (Wildman–Crippen MR) is 87.3 cm³/mol. The quantitative estimate of drug-likeness (QED) is 0.834. The fourth-order valence-electron chi connectivity index (χ4n) is 1.77. The molecule has 0 bridgehead atoms. The topological polar surface area (TPSA) is 53.1 Å². The van der Waals surface area contributed by atoms with Gasteiger partial charge in [0.2, 0.25) is 0 Å². The van der Waals surface area contributed by atoms with Crippen LogP contribution in [0.5, 0.6) is 5.75 Å². The molecule has 0 amide bonds. The molecule has 7 heteroatoms. The van der Waals surface area contributed by atoms with Gasteiger partial charge in [-0.3, -0.25) is 4.68 Å². The van der Waals surface area contributed by atoms with Gasteiger partial charge in [-0.1, -0.05) is 23.8 Å². The second-order valence-corrected chi connectivity index (χ2v) is 5.90. The van der Waals surface area contributed by atoms with Crippen LogP contribution in [-0.4, -0.2) is 14.8 Å². The molecule has 1 aromatic carbocycles. The van der Waals surface area contributed by atoms with Crippen molar-refractivity contribution in [3.05, 3.63) is 44.6 Å². The number of hydrogen-bond acceptors (Lipinski definition) is 3. The summed E-state index contributed by atoms with van der Waals surface area (Å²) in [5.74, 6) is 0.653. The lowest BCUT2D eigenvalue weighted by atomic mass is 10.2. The Morgan fingerprint density at radius 1 is 1.55 bits per heavy atom. The summed E-state index contributed by atoms with van der Waals surface area (Å²) in [5.41, 5.74) is 8.09. The Morgan fingerprint density at radius 3 is 2.75 bits per heavy atom. The Labute approximate surface area is 136 Å². The number of aromatic nitrogens is 2. The van der Waals surface area contributed by atoms with Gasteiger partial charge in [0.15, 0.2) is 0 Å². The van der Waals surface area contributed by atoms with E-state index in [1.807, 2.05) is 14.0 Å². The summed E-state index contributed by atoms with van der Waals surface area (Å²) in [6.07, 6.45) is 0. The zero-order chi connectivity index (χ0) is 14.9. The SMILES string of the molecule is Cc1nn(C)c(COc2ccc(C(N)=S)c(Cl)c2)c1Br. The van der Waals surface area contributed by atoms with Gasteiger partial charge in [-0.05, 0) is 41.1 Å². The molecule has 0 aliphatic rings. The van der Waals surface area contributed by atoms with Crippen molar-refractivity contribution in [2.45, 2.75) is 13.5 Å². The van der Waals surface area contributed by atoms with E-state index in [9.17, 15) is 0 Å². The Balaban J connectivity index is 2.15. The molecule has 106 valence electrons. The van der Waals surface area contributed by atoms with Crippen molar-refractivity contribution in [1.82, 2.24) is 9.78 Å². The van der Waals surface area contributed by atoms with Crippen molar-refractivity contribution >= 4 is 44.7 Å². The third kappa shape index (κ3) is 3.13. The molecule has 0 saturated heterocycles. The third-order valence-corrected chi connectivity index (χ3v) is 4.41. The lowest BCUT2D eigenvalue weighted by Crippen LogP contribution is -2.10. The van der Waals surface area contributed by atoms with E-state index in [0.29, 0.717) is 22.9 Å². The highest BCUT2D eigenvalue weighted by Gasteiger charge is 2.12. The summed E-state index contributed by atoms with van der Waals surface area (Å²) in [6.45, 7) is 2.32. The minimum atomic E-state index is 0.270. The summed E-state index contributed by atoms with van der Waals surface area (Å²) in [5, 5.41) is 4.79. The molecule has 2 aromatic rings. The summed E-state index contributed by atoms with van der Waals surface area (Å²) in [7, 11) is 1.87. The fraction of sp³-hybridized carbons (Fsp3) is 0.231. The molecule has 4 nitrogen and oxygen atoms in total. The molecule has 1 heterocycles. The maximum Gasteiger partial charge on any atom is 0.131 e. The first-order valence-corrected chi connectivity index (χ1v) is 7.38. The maximum absolute atomic E-state index is 6.10. The van der Waals surface area contributed by atoms with E-state index in [0.717, 1.165) is 15.9 Å². The lowest BCUT2D eigenvalue weighted by Gasteiger charge is -2.09. The van der Waals surface area contributed by atoms with Crippen LogP contribution in [0.1, 0.15) is 17.0 Å². The highest BCUT2D eigenvalue weighted by molar-refractivity contribution is 9.10. The first kappa shape index (κ1) is 15.3. The maximum atomic E-state index is 6.10. The van der Waals surface area contributed by atoms with Crippen LogP contribution < -0.4 is 10.5 Å². The van der Waals surface area contributed by atoms with Crippen LogP contribution in [-0.2, 0) is 13.7 Å². The van der Waals surface area contributed by atoms with E-state index in [1.54, 1.807) is 22.9 Å². The molecule has 0 saturated carbocycles. The van der Waals surface area contributed by atoms with Crippen LogP contribution in [0.2, 0.25) is 5.02 Å². The summed E-state index contributed by atoms with van der Waals surface area (Å²) in [4.78, 5) is 0.270. The van der Waals surface area contributed by atoms with Gasteiger partial charge >= 0.3 is 0 Å². The van der Waals surface area contributed by atoms with Gasteiger partial charge < -0.3 is 10.5 Å². The number of nitrogens with two attached hydrogens (primary N) is 1. The lowest BCUT2D eigenvalue weighted by molar-refractivity contribution is 0.294. The molecule has 1 aromatic heterocycles. The Kier molecular flexibility index (Phi) is 4.67. The van der Waals surface area contributed by atoms with Gasteiger partial charge in [0.1, 0.15) is 17.3 Å². The summed E-state index contributed by atoms with van der Waals surface area (Å²) >= 11 is 14.5. The van der Waals surface area contributed by atoms with E-state index in [2.05, 4.69) is 21.0 Å². The predicted octanol–water partition coefficient (Wildman–Crippen LogP) is 3.36. The fourth-order valence-corrected chi connectivity index (χ4v) is 2.73. The number of rotatable bonds is 4. The van der Waals surface area contributed by atoms with Gasteiger partial charge in [0, 0.05) is 12.6 Å². The van der Waals surface area contributed by atoms with E-state index in [4.69, 9.17) is 34.3 Å². The van der Waals surface area contributed by atoms with E-state index in [-0.39, 0.29) is 4.99 Å². The second kappa shape index (κ2) is 6.11. The minimum absolute atomic E-state index is 0.270. The average molecular weight is 375 g/mol. The van der Waals surface area contributed by atoms with Crippen LogP contribution in [0.3, 0.4) is 0 Å². The summed E-state index contributed by atoms with van der Waals surface area (Å²) in [6, 6.07) is 5.24. The molecular weight excluding hydrogens is 362 g/mol. The van der Waals surface area contributed by atoms with Gasteiger partial charge in [0.05, 0.1) is 20.9 Å². The van der Waals surface area contributed by atoms with Crippen molar-refractivity contribution in [1.29, 1.82) is 0 Å². The van der Waals surface area contributed by atoms with Gasteiger partial charge in [0.25, 0.3) is 0 Å². The highest BCUT2D eigenvalue weighted by atomic mass is 79.9. The van der Waals surface area contributed by atoms with Gasteiger partial charge in [-0.25, -0.2) is 0 Å². The molecule has 2 rings (SSSR count). The van der Waals surface area contributed by atoms with Crippen LogP contribution in [0.25, 0.3) is 0 Å². The zero-order valence-electron chi connectivity index (χ0n) is 11.0. The van der Waals surface area contributed by atoms with Crippen molar-refractivity contribution < 1.29 is 4.74 Å². The van der Waals surface area contributed by atoms with E-state index < -0.39 is 0 Å². The van der Waals surface area contributed by atoms with Crippen LogP contribution in [0.4, 0.5) is 0 Å². The summed E-state index contributed by atoms with van der Waals surface area (Å²) < 4.78 is 8.46.